The summed E-state index contributed by atoms with van der Waals surface area (Å²) in [4.78, 5) is 24.2. The molecule has 1 aromatic rings. The van der Waals surface area contributed by atoms with Gasteiger partial charge in [-0.2, -0.15) is 5.10 Å². The van der Waals surface area contributed by atoms with Gasteiger partial charge >= 0.3 is 12.1 Å². The van der Waals surface area contributed by atoms with Crippen molar-refractivity contribution in [3.8, 4) is 0 Å². The first kappa shape index (κ1) is 24.2. The predicted octanol–water partition coefficient (Wildman–Crippen LogP) is 4.10. The first-order valence-corrected chi connectivity index (χ1v) is 12.4. The minimum atomic E-state index is -2.05. The van der Waals surface area contributed by atoms with Crippen molar-refractivity contribution in [2.45, 2.75) is 78.4 Å². The second kappa shape index (κ2) is 9.08. The van der Waals surface area contributed by atoms with Gasteiger partial charge in [-0.15, -0.1) is 0 Å². The largest absolute Gasteiger partial charge is 0.462 e. The van der Waals surface area contributed by atoms with Crippen LogP contribution in [-0.2, 0) is 13.9 Å². The Labute approximate surface area is 169 Å². The van der Waals surface area contributed by atoms with Gasteiger partial charge in [0.25, 0.3) is 0 Å². The molecule has 0 spiro atoms. The van der Waals surface area contributed by atoms with Crippen LogP contribution in [0.2, 0.25) is 18.1 Å². The number of rotatable bonds is 7. The van der Waals surface area contributed by atoms with Gasteiger partial charge in [0.15, 0.2) is 8.32 Å². The molecule has 1 N–H and O–H groups in total. The van der Waals surface area contributed by atoms with Crippen LogP contribution in [0.15, 0.2) is 12.4 Å². The molecule has 1 amide bonds. The highest BCUT2D eigenvalue weighted by Gasteiger charge is 2.38. The molecule has 0 aromatic carbocycles. The summed E-state index contributed by atoms with van der Waals surface area (Å²) in [6, 6.07) is 0. The van der Waals surface area contributed by atoms with Gasteiger partial charge in [0.1, 0.15) is 11.8 Å². The van der Waals surface area contributed by atoms with Gasteiger partial charge < -0.3 is 13.9 Å². The van der Waals surface area contributed by atoms with Crippen LogP contribution in [-0.4, -0.2) is 49.0 Å². The van der Waals surface area contributed by atoms with E-state index in [0.29, 0.717) is 5.56 Å². The molecule has 1 aromatic heterocycles. The quantitative estimate of drug-likeness (QED) is 0.534. The van der Waals surface area contributed by atoms with Gasteiger partial charge in [0.2, 0.25) is 0 Å². The molecule has 0 radical (unpaired) electrons. The van der Waals surface area contributed by atoms with E-state index in [1.807, 2.05) is 0 Å². The highest BCUT2D eigenvalue weighted by atomic mass is 28.4. The van der Waals surface area contributed by atoms with Crippen LogP contribution in [0.5, 0.6) is 0 Å². The normalized spacial score (nSPS) is 13.8. The molecule has 1 rings (SSSR count). The van der Waals surface area contributed by atoms with Crippen molar-refractivity contribution in [1.82, 2.24) is 15.1 Å². The number of carbonyl (C=O) groups excluding carboxylic acids is 2. The average Bonchev–Trinajstić information content (AvgIpc) is 2.98. The van der Waals surface area contributed by atoms with E-state index in [0.717, 1.165) is 0 Å². The van der Waals surface area contributed by atoms with Gasteiger partial charge in [-0.1, -0.05) is 20.8 Å². The summed E-state index contributed by atoms with van der Waals surface area (Å²) >= 11 is 0. The molecule has 0 aliphatic rings. The highest BCUT2D eigenvalue weighted by molar-refractivity contribution is 6.74. The van der Waals surface area contributed by atoms with Crippen LogP contribution in [0, 0.1) is 0 Å². The molecule has 1 heterocycles. The summed E-state index contributed by atoms with van der Waals surface area (Å²) in [5.41, 5.74) is -0.319. The molecule has 8 nitrogen and oxygen atoms in total. The van der Waals surface area contributed by atoms with Gasteiger partial charge in [-0.25, -0.2) is 14.3 Å². The Balaban J connectivity index is 3.01. The van der Waals surface area contributed by atoms with E-state index in [-0.39, 0.29) is 18.3 Å². The van der Waals surface area contributed by atoms with Crippen molar-refractivity contribution in [3.05, 3.63) is 18.0 Å². The molecular formula is C19H35N3O5Si. The molecule has 160 valence electrons. The number of esters is 1. The third kappa shape index (κ3) is 7.27. The lowest BCUT2D eigenvalue weighted by atomic mass is 10.2. The van der Waals surface area contributed by atoms with Crippen molar-refractivity contribution < 1.29 is 23.5 Å². The lowest BCUT2D eigenvalue weighted by Crippen LogP contribution is -2.45. The fourth-order valence-corrected chi connectivity index (χ4v) is 2.97. The second-order valence-electron chi connectivity index (χ2n) is 9.16. The maximum absolute atomic E-state index is 12.3. The fraction of sp³-hybridized carbons (Fsp3) is 0.737. The minimum Gasteiger partial charge on any atom is -0.462 e. The third-order valence-electron chi connectivity index (χ3n) is 4.52. The van der Waals surface area contributed by atoms with Crippen LogP contribution < -0.4 is 5.32 Å². The first-order valence-electron chi connectivity index (χ1n) is 9.51. The number of nitrogens with one attached hydrogen (secondary N) is 1. The Kier molecular flexibility index (Phi) is 7.84. The Hall–Kier alpha value is -1.87. The van der Waals surface area contributed by atoms with Crippen molar-refractivity contribution in [1.29, 1.82) is 0 Å². The van der Waals surface area contributed by atoms with E-state index in [1.54, 1.807) is 27.7 Å². The summed E-state index contributed by atoms with van der Waals surface area (Å²) < 4.78 is 18.1. The summed E-state index contributed by atoms with van der Waals surface area (Å²) in [6.45, 7) is 18.3. The monoisotopic (exact) mass is 413 g/mol. The molecule has 1 atom stereocenters. The average molecular weight is 414 g/mol. The zero-order valence-electron chi connectivity index (χ0n) is 18.6. The molecule has 0 bridgehead atoms. The minimum absolute atomic E-state index is 0.0175. The maximum atomic E-state index is 12.3. The number of nitrogens with zero attached hydrogens (tertiary/aromatic N) is 2. The van der Waals surface area contributed by atoms with E-state index in [1.165, 1.54) is 17.1 Å². The summed E-state index contributed by atoms with van der Waals surface area (Å²) in [5, 5.41) is 7.01. The molecule has 0 aliphatic heterocycles. The van der Waals surface area contributed by atoms with E-state index in [9.17, 15) is 9.59 Å². The predicted molar refractivity (Wildman–Crippen MR) is 110 cm³/mol. The Morgan fingerprint density at radius 1 is 1.21 bits per heavy atom. The lowest BCUT2D eigenvalue weighted by Gasteiger charge is -2.37. The highest BCUT2D eigenvalue weighted by Crippen LogP contribution is 2.36. The number of alkyl carbamates (subject to hydrolysis) is 1. The number of aromatic nitrogens is 2. The van der Waals surface area contributed by atoms with Gasteiger partial charge in [-0.05, 0) is 45.8 Å². The number of amides is 1. The maximum Gasteiger partial charge on any atom is 0.409 e. The topological polar surface area (TPSA) is 91.7 Å². The van der Waals surface area contributed by atoms with Crippen LogP contribution in [0.25, 0.3) is 0 Å². The Morgan fingerprint density at radius 2 is 1.82 bits per heavy atom. The van der Waals surface area contributed by atoms with Gasteiger partial charge in [-0.3, -0.25) is 5.32 Å². The van der Waals surface area contributed by atoms with Crippen LogP contribution >= 0.6 is 0 Å². The number of hydrogen-bond acceptors (Lipinski definition) is 6. The van der Waals surface area contributed by atoms with Crippen molar-refractivity contribution in [3.63, 3.8) is 0 Å². The second-order valence-corrected chi connectivity index (χ2v) is 14.0. The number of ether oxygens (including phenoxy) is 2. The summed E-state index contributed by atoms with van der Waals surface area (Å²) in [5.74, 6) is -0.463. The third-order valence-corrected chi connectivity index (χ3v) is 9.02. The standard InChI is InChI=1S/C19H35N3O5Si/c1-10-25-16(23)14-11-20-22(12-14)15(21-17(24)27-18(2,3)4)13-26-28(8,9)19(5,6)7/h11-12,15H,10,13H2,1-9H3,(H,21,24). The summed E-state index contributed by atoms with van der Waals surface area (Å²) in [6.07, 6.45) is 1.75. The fourth-order valence-electron chi connectivity index (χ4n) is 1.96. The molecule has 28 heavy (non-hydrogen) atoms. The zero-order chi connectivity index (χ0) is 21.8. The van der Waals surface area contributed by atoms with Crippen molar-refractivity contribution in [2.24, 2.45) is 0 Å². The molecule has 0 fully saturated rings. The van der Waals surface area contributed by atoms with E-state index >= 15 is 0 Å². The first-order chi connectivity index (χ1) is 12.7. The Bertz CT molecular complexity index is 674. The van der Waals surface area contributed by atoms with Crippen LogP contribution in [0.4, 0.5) is 4.79 Å². The molecule has 1 unspecified atom stereocenters. The molecule has 0 saturated heterocycles. The number of carbonyl (C=O) groups is 2. The molecule has 0 saturated carbocycles. The van der Waals surface area contributed by atoms with E-state index < -0.39 is 32.1 Å². The SMILES string of the molecule is CCOC(=O)c1cnn(C(CO[Si](C)(C)C(C)(C)C)NC(=O)OC(C)(C)C)c1. The Morgan fingerprint density at radius 3 is 2.32 bits per heavy atom. The van der Waals surface area contributed by atoms with E-state index in [2.05, 4.69) is 44.3 Å². The van der Waals surface area contributed by atoms with Crippen molar-refractivity contribution >= 4 is 20.4 Å². The van der Waals surface area contributed by atoms with Crippen molar-refractivity contribution in [2.75, 3.05) is 13.2 Å². The molecule has 9 heteroatoms. The molecule has 0 aliphatic carbocycles. The van der Waals surface area contributed by atoms with Gasteiger partial charge in [0, 0.05) is 6.20 Å². The molecular weight excluding hydrogens is 378 g/mol. The van der Waals surface area contributed by atoms with Crippen LogP contribution in [0.3, 0.4) is 0 Å². The number of hydrogen-bond donors (Lipinski definition) is 1. The summed E-state index contributed by atoms with van der Waals surface area (Å²) in [7, 11) is -2.05. The lowest BCUT2D eigenvalue weighted by molar-refractivity contribution is 0.0443. The zero-order valence-corrected chi connectivity index (χ0v) is 19.6. The van der Waals surface area contributed by atoms with E-state index in [4.69, 9.17) is 13.9 Å². The van der Waals surface area contributed by atoms with Crippen LogP contribution in [0.1, 0.15) is 65.0 Å². The smallest absolute Gasteiger partial charge is 0.409 e. The van der Waals surface area contributed by atoms with Gasteiger partial charge in [0.05, 0.1) is 25.0 Å².